The van der Waals surface area contributed by atoms with Crippen molar-refractivity contribution in [3.05, 3.63) is 24.2 Å². The van der Waals surface area contributed by atoms with Gasteiger partial charge < -0.3 is 14.8 Å². The summed E-state index contributed by atoms with van der Waals surface area (Å²) in [5, 5.41) is 11.0. The van der Waals surface area contributed by atoms with Gasteiger partial charge in [-0.1, -0.05) is 0 Å². The van der Waals surface area contributed by atoms with Gasteiger partial charge in [-0.05, 0) is 18.6 Å². The average Bonchev–Trinajstić information content (AvgIpc) is 2.66. The van der Waals surface area contributed by atoms with Gasteiger partial charge in [-0.2, -0.15) is 0 Å². The van der Waals surface area contributed by atoms with Gasteiger partial charge in [0.05, 0.1) is 12.8 Å². The van der Waals surface area contributed by atoms with Crippen molar-refractivity contribution < 1.29 is 19.1 Å². The zero-order chi connectivity index (χ0) is 11.1. The Morgan fingerprint density at radius 2 is 2.20 bits per heavy atom. The molecular formula is C10H13NO4. The summed E-state index contributed by atoms with van der Waals surface area (Å²) in [7, 11) is 0. The molecule has 0 saturated heterocycles. The van der Waals surface area contributed by atoms with Gasteiger partial charge in [-0.15, -0.1) is 0 Å². The van der Waals surface area contributed by atoms with Gasteiger partial charge in [0.25, 0.3) is 0 Å². The monoisotopic (exact) mass is 211 g/mol. The van der Waals surface area contributed by atoms with E-state index in [1.165, 1.54) is 6.26 Å². The Kier molecular flexibility index (Phi) is 4.40. The van der Waals surface area contributed by atoms with E-state index in [1.807, 2.05) is 0 Å². The average molecular weight is 211 g/mol. The number of furan rings is 1. The number of carbonyl (C=O) groups is 2. The molecular weight excluding hydrogens is 198 g/mol. The molecule has 0 aliphatic carbocycles. The first kappa shape index (κ1) is 11.3. The predicted octanol–water partition coefficient (Wildman–Crippen LogP) is 1.15. The highest BCUT2D eigenvalue weighted by Gasteiger charge is 2.04. The predicted molar refractivity (Wildman–Crippen MR) is 52.0 cm³/mol. The number of carboxylic acid groups (broad SMARTS) is 1. The van der Waals surface area contributed by atoms with Crippen LogP contribution in [0.3, 0.4) is 0 Å². The van der Waals surface area contributed by atoms with Crippen molar-refractivity contribution in [1.82, 2.24) is 5.32 Å². The molecule has 0 fully saturated rings. The molecule has 82 valence electrons. The number of aliphatic carboxylic acids is 1. The smallest absolute Gasteiger partial charge is 0.303 e. The molecule has 1 aromatic heterocycles. The molecule has 0 aromatic carbocycles. The maximum atomic E-state index is 11.2. The second kappa shape index (κ2) is 5.85. The van der Waals surface area contributed by atoms with Crippen LogP contribution in [0.25, 0.3) is 0 Å². The molecule has 0 aliphatic rings. The summed E-state index contributed by atoms with van der Waals surface area (Å²) >= 11 is 0. The molecule has 0 aliphatic heterocycles. The third-order valence-electron chi connectivity index (χ3n) is 1.83. The third-order valence-corrected chi connectivity index (χ3v) is 1.83. The van der Waals surface area contributed by atoms with Crippen LogP contribution < -0.4 is 5.32 Å². The van der Waals surface area contributed by atoms with Crippen LogP contribution in [0.1, 0.15) is 25.0 Å². The van der Waals surface area contributed by atoms with Gasteiger partial charge in [0, 0.05) is 12.8 Å². The van der Waals surface area contributed by atoms with Crippen molar-refractivity contribution in [3.8, 4) is 0 Å². The van der Waals surface area contributed by atoms with E-state index in [0.29, 0.717) is 18.7 Å². The molecule has 5 nitrogen and oxygen atoms in total. The van der Waals surface area contributed by atoms with E-state index in [4.69, 9.17) is 9.52 Å². The Balaban J connectivity index is 2.11. The second-order valence-corrected chi connectivity index (χ2v) is 3.10. The topological polar surface area (TPSA) is 79.5 Å². The van der Waals surface area contributed by atoms with Crippen LogP contribution in [0.4, 0.5) is 0 Å². The van der Waals surface area contributed by atoms with Crippen LogP contribution in [0, 0.1) is 0 Å². The van der Waals surface area contributed by atoms with E-state index in [9.17, 15) is 9.59 Å². The highest BCUT2D eigenvalue weighted by molar-refractivity contribution is 5.76. The van der Waals surface area contributed by atoms with Crippen molar-refractivity contribution in [2.45, 2.75) is 25.8 Å². The van der Waals surface area contributed by atoms with Gasteiger partial charge in [0.2, 0.25) is 5.91 Å². The molecule has 0 atom stereocenters. The Morgan fingerprint density at radius 1 is 1.40 bits per heavy atom. The van der Waals surface area contributed by atoms with Gasteiger partial charge in [-0.3, -0.25) is 9.59 Å². The molecule has 15 heavy (non-hydrogen) atoms. The normalized spacial score (nSPS) is 9.87. The molecule has 0 spiro atoms. The molecule has 2 N–H and O–H groups in total. The van der Waals surface area contributed by atoms with Crippen LogP contribution in [0.2, 0.25) is 0 Å². The van der Waals surface area contributed by atoms with Gasteiger partial charge in [0.1, 0.15) is 5.76 Å². The molecule has 1 rings (SSSR count). The lowest BCUT2D eigenvalue weighted by atomic mass is 10.2. The van der Waals surface area contributed by atoms with E-state index in [-0.39, 0.29) is 18.7 Å². The number of carbonyl (C=O) groups excluding carboxylic acids is 1. The molecule has 0 bridgehead atoms. The molecule has 0 unspecified atom stereocenters. The van der Waals surface area contributed by atoms with Crippen LogP contribution in [0.5, 0.6) is 0 Å². The minimum absolute atomic E-state index is 0.0220. The van der Waals surface area contributed by atoms with Crippen molar-refractivity contribution in [3.63, 3.8) is 0 Å². The fourth-order valence-electron chi connectivity index (χ4n) is 1.09. The number of hydrogen-bond acceptors (Lipinski definition) is 3. The minimum atomic E-state index is -0.881. The van der Waals surface area contributed by atoms with Gasteiger partial charge in [0.15, 0.2) is 0 Å². The van der Waals surface area contributed by atoms with E-state index in [0.717, 1.165) is 0 Å². The highest BCUT2D eigenvalue weighted by Crippen LogP contribution is 2.00. The fraction of sp³-hybridized carbons (Fsp3) is 0.400. The van der Waals surface area contributed by atoms with Crippen molar-refractivity contribution >= 4 is 11.9 Å². The third kappa shape index (κ3) is 4.85. The minimum Gasteiger partial charge on any atom is -0.481 e. The quantitative estimate of drug-likeness (QED) is 0.739. The largest absolute Gasteiger partial charge is 0.481 e. The molecule has 0 radical (unpaired) electrons. The Hall–Kier alpha value is -1.78. The molecule has 1 aromatic rings. The van der Waals surface area contributed by atoms with Crippen LogP contribution in [-0.2, 0) is 16.1 Å². The van der Waals surface area contributed by atoms with Crippen LogP contribution in [0.15, 0.2) is 22.8 Å². The Labute approximate surface area is 87.1 Å². The van der Waals surface area contributed by atoms with Gasteiger partial charge in [-0.25, -0.2) is 0 Å². The second-order valence-electron chi connectivity index (χ2n) is 3.10. The van der Waals surface area contributed by atoms with Crippen molar-refractivity contribution in [2.75, 3.05) is 0 Å². The summed E-state index contributed by atoms with van der Waals surface area (Å²) in [6, 6.07) is 3.50. The van der Waals surface area contributed by atoms with E-state index < -0.39 is 5.97 Å². The van der Waals surface area contributed by atoms with Crippen molar-refractivity contribution in [2.24, 2.45) is 0 Å². The van der Waals surface area contributed by atoms with E-state index in [2.05, 4.69) is 5.32 Å². The lowest BCUT2D eigenvalue weighted by Crippen LogP contribution is -2.22. The zero-order valence-corrected chi connectivity index (χ0v) is 8.23. The maximum Gasteiger partial charge on any atom is 0.303 e. The number of hydrogen-bond donors (Lipinski definition) is 2. The summed E-state index contributed by atoms with van der Waals surface area (Å²) in [6.45, 7) is 0.346. The first-order valence-electron chi connectivity index (χ1n) is 4.69. The SMILES string of the molecule is O=C(O)CCCC(=O)NCc1ccco1. The van der Waals surface area contributed by atoms with Crippen LogP contribution in [-0.4, -0.2) is 17.0 Å². The van der Waals surface area contributed by atoms with E-state index in [1.54, 1.807) is 12.1 Å². The maximum absolute atomic E-state index is 11.2. The molecule has 0 saturated carbocycles. The first-order valence-corrected chi connectivity index (χ1v) is 4.69. The molecule has 1 amide bonds. The Morgan fingerprint density at radius 3 is 2.80 bits per heavy atom. The summed E-state index contributed by atoms with van der Waals surface area (Å²) in [5.41, 5.74) is 0. The number of amides is 1. The standard InChI is InChI=1S/C10H13NO4/c12-9(4-1-5-10(13)14)11-7-8-3-2-6-15-8/h2-3,6H,1,4-5,7H2,(H,11,12)(H,13,14). The van der Waals surface area contributed by atoms with Gasteiger partial charge >= 0.3 is 5.97 Å². The summed E-state index contributed by atoms with van der Waals surface area (Å²) in [5.74, 6) is -0.358. The number of carboxylic acids is 1. The number of rotatable bonds is 6. The van der Waals surface area contributed by atoms with Crippen LogP contribution >= 0.6 is 0 Å². The fourth-order valence-corrected chi connectivity index (χ4v) is 1.09. The summed E-state index contributed by atoms with van der Waals surface area (Å²) in [4.78, 5) is 21.4. The number of nitrogens with one attached hydrogen (secondary N) is 1. The lowest BCUT2D eigenvalue weighted by molar-refractivity contribution is -0.137. The van der Waals surface area contributed by atoms with Crippen molar-refractivity contribution in [1.29, 1.82) is 0 Å². The molecule has 5 heteroatoms. The first-order chi connectivity index (χ1) is 7.18. The highest BCUT2D eigenvalue weighted by atomic mass is 16.4. The zero-order valence-electron chi connectivity index (χ0n) is 8.23. The summed E-state index contributed by atoms with van der Waals surface area (Å²) < 4.78 is 5.02. The lowest BCUT2D eigenvalue weighted by Gasteiger charge is -2.01. The van der Waals surface area contributed by atoms with E-state index >= 15 is 0 Å². The Bertz CT molecular complexity index is 318. The summed E-state index contributed by atoms with van der Waals surface area (Å²) in [6.07, 6.45) is 2.15. The molecule has 1 heterocycles.